The first-order chi connectivity index (χ1) is 8.11. The Morgan fingerprint density at radius 1 is 1.12 bits per heavy atom. The molecule has 0 N–H and O–H groups in total. The summed E-state index contributed by atoms with van der Waals surface area (Å²) >= 11 is 0. The summed E-state index contributed by atoms with van der Waals surface area (Å²) in [6.07, 6.45) is 10.5. The first-order valence-electron chi connectivity index (χ1n) is 7.09. The van der Waals surface area contributed by atoms with Crippen molar-refractivity contribution in [2.24, 2.45) is 5.41 Å². The van der Waals surface area contributed by atoms with Gasteiger partial charge in [-0.15, -0.1) is 0 Å². The fourth-order valence-corrected chi connectivity index (χ4v) is 3.95. The van der Waals surface area contributed by atoms with Gasteiger partial charge in [0.1, 0.15) is 0 Å². The van der Waals surface area contributed by atoms with Gasteiger partial charge in [0.05, 0.1) is 0 Å². The smallest absolute Gasteiger partial charge is 0.0464 e. The Morgan fingerprint density at radius 2 is 1.76 bits per heavy atom. The van der Waals surface area contributed by atoms with Gasteiger partial charge in [0, 0.05) is 11.9 Å². The molecule has 17 heavy (non-hydrogen) atoms. The number of aromatic nitrogens is 1. The first kappa shape index (κ1) is 11.3. The molecule has 1 spiro atoms. The van der Waals surface area contributed by atoms with E-state index in [1.807, 2.05) is 0 Å². The lowest BCUT2D eigenvalue weighted by molar-refractivity contribution is 0.317. The Balaban J connectivity index is 2.05. The predicted molar refractivity (Wildman–Crippen MR) is 71.4 cm³/mol. The van der Waals surface area contributed by atoms with E-state index < -0.39 is 0 Å². The minimum absolute atomic E-state index is 0.570. The number of hydrogen-bond donors (Lipinski definition) is 0. The Labute approximate surface area is 105 Å². The molecule has 1 aromatic heterocycles. The summed E-state index contributed by atoms with van der Waals surface area (Å²) in [6, 6.07) is 0. The predicted octanol–water partition coefficient (Wildman–Crippen LogP) is 4.17. The van der Waals surface area contributed by atoms with Crippen molar-refractivity contribution in [3.63, 3.8) is 0 Å². The van der Waals surface area contributed by atoms with Gasteiger partial charge in [-0.3, -0.25) is 4.98 Å². The molecule has 0 bridgehead atoms. The minimum atomic E-state index is 0.570. The van der Waals surface area contributed by atoms with Crippen LogP contribution in [0.1, 0.15) is 67.8 Å². The highest BCUT2D eigenvalue weighted by Crippen LogP contribution is 2.50. The van der Waals surface area contributed by atoms with Crippen molar-refractivity contribution in [2.45, 2.75) is 65.2 Å². The molecule has 0 amide bonds. The molecule has 0 unspecified atom stereocenters. The Hall–Kier alpha value is -0.850. The van der Waals surface area contributed by atoms with Crippen LogP contribution in [0.25, 0.3) is 0 Å². The molecule has 0 atom stereocenters. The maximum absolute atomic E-state index is 4.70. The van der Waals surface area contributed by atoms with Crippen molar-refractivity contribution in [3.8, 4) is 0 Å². The van der Waals surface area contributed by atoms with E-state index in [9.17, 15) is 0 Å². The van der Waals surface area contributed by atoms with E-state index in [4.69, 9.17) is 4.98 Å². The lowest BCUT2D eigenvalue weighted by atomic mass is 9.83. The van der Waals surface area contributed by atoms with Gasteiger partial charge < -0.3 is 0 Å². The van der Waals surface area contributed by atoms with Gasteiger partial charge in [-0.1, -0.05) is 26.7 Å². The lowest BCUT2D eigenvalue weighted by Gasteiger charge is -2.21. The van der Waals surface area contributed by atoms with E-state index in [1.165, 1.54) is 49.8 Å². The molecular formula is C16H23N. The summed E-state index contributed by atoms with van der Waals surface area (Å²) in [7, 11) is 0. The van der Waals surface area contributed by atoms with E-state index in [0.717, 1.165) is 0 Å². The molecule has 2 aliphatic carbocycles. The molecule has 1 fully saturated rings. The van der Waals surface area contributed by atoms with E-state index in [-0.39, 0.29) is 0 Å². The number of hydrogen-bond acceptors (Lipinski definition) is 1. The van der Waals surface area contributed by atoms with Crippen molar-refractivity contribution >= 4 is 0 Å². The summed E-state index contributed by atoms with van der Waals surface area (Å²) in [5.74, 6) is 0.570. The van der Waals surface area contributed by atoms with E-state index in [0.29, 0.717) is 11.3 Å². The molecule has 0 radical (unpaired) electrons. The fourth-order valence-electron chi connectivity index (χ4n) is 3.95. The highest BCUT2D eigenvalue weighted by Gasteiger charge is 2.41. The molecule has 0 aromatic carbocycles. The number of aryl methyl sites for hydroxylation is 1. The topological polar surface area (TPSA) is 12.9 Å². The molecule has 1 saturated carbocycles. The molecule has 0 saturated heterocycles. The highest BCUT2D eigenvalue weighted by molar-refractivity contribution is 5.43. The van der Waals surface area contributed by atoms with Gasteiger partial charge in [-0.2, -0.15) is 0 Å². The van der Waals surface area contributed by atoms with E-state index >= 15 is 0 Å². The Bertz CT molecular complexity index is 439. The lowest BCUT2D eigenvalue weighted by Crippen LogP contribution is -2.16. The molecular weight excluding hydrogens is 206 g/mol. The second kappa shape index (κ2) is 3.83. The SMILES string of the molecule is Cc1cnc(C(C)C)c2c1CC1(CCCC1)C2. The van der Waals surface area contributed by atoms with Crippen molar-refractivity contribution in [1.29, 1.82) is 0 Å². The third-order valence-corrected chi connectivity index (χ3v) is 4.86. The third-order valence-electron chi connectivity index (χ3n) is 4.86. The molecule has 1 heterocycles. The van der Waals surface area contributed by atoms with Gasteiger partial charge in [0.15, 0.2) is 0 Å². The maximum Gasteiger partial charge on any atom is 0.0464 e. The third kappa shape index (κ3) is 1.71. The van der Waals surface area contributed by atoms with Crippen molar-refractivity contribution in [2.75, 3.05) is 0 Å². The van der Waals surface area contributed by atoms with Crippen LogP contribution < -0.4 is 0 Å². The fraction of sp³-hybridized carbons (Fsp3) is 0.688. The van der Waals surface area contributed by atoms with Gasteiger partial charge in [-0.25, -0.2) is 0 Å². The summed E-state index contributed by atoms with van der Waals surface area (Å²) in [5, 5.41) is 0. The van der Waals surface area contributed by atoms with Crippen molar-refractivity contribution < 1.29 is 0 Å². The largest absolute Gasteiger partial charge is 0.260 e. The zero-order valence-corrected chi connectivity index (χ0v) is 11.3. The van der Waals surface area contributed by atoms with Crippen LogP contribution in [0, 0.1) is 12.3 Å². The molecule has 92 valence electrons. The van der Waals surface area contributed by atoms with E-state index in [2.05, 4.69) is 27.0 Å². The monoisotopic (exact) mass is 229 g/mol. The van der Waals surface area contributed by atoms with Gasteiger partial charge in [-0.05, 0) is 60.6 Å². The first-order valence-corrected chi connectivity index (χ1v) is 7.09. The van der Waals surface area contributed by atoms with Crippen LogP contribution in [0.15, 0.2) is 6.20 Å². The zero-order chi connectivity index (χ0) is 12.0. The summed E-state index contributed by atoms with van der Waals surface area (Å²) in [4.78, 5) is 4.70. The molecule has 1 nitrogen and oxygen atoms in total. The summed E-state index contributed by atoms with van der Waals surface area (Å²) in [6.45, 7) is 6.79. The minimum Gasteiger partial charge on any atom is -0.260 e. The van der Waals surface area contributed by atoms with Crippen molar-refractivity contribution in [1.82, 2.24) is 4.98 Å². The van der Waals surface area contributed by atoms with E-state index in [1.54, 1.807) is 11.1 Å². The van der Waals surface area contributed by atoms with Gasteiger partial charge in [0.2, 0.25) is 0 Å². The molecule has 0 aliphatic heterocycles. The van der Waals surface area contributed by atoms with Crippen LogP contribution in [-0.2, 0) is 12.8 Å². The zero-order valence-electron chi connectivity index (χ0n) is 11.3. The number of pyridine rings is 1. The standard InChI is InChI=1S/C16H23N/c1-11(2)15-14-9-16(6-4-5-7-16)8-13(14)12(3)10-17-15/h10-11H,4-9H2,1-3H3. The van der Waals surface area contributed by atoms with Crippen molar-refractivity contribution in [3.05, 3.63) is 28.6 Å². The average Bonchev–Trinajstić information content (AvgIpc) is 2.87. The van der Waals surface area contributed by atoms with Crippen LogP contribution in [-0.4, -0.2) is 4.98 Å². The molecule has 1 aromatic rings. The maximum atomic E-state index is 4.70. The van der Waals surface area contributed by atoms with Crippen LogP contribution in [0.2, 0.25) is 0 Å². The second-order valence-corrected chi connectivity index (χ2v) is 6.50. The average molecular weight is 229 g/mol. The summed E-state index contributed by atoms with van der Waals surface area (Å²) in [5.41, 5.74) is 6.68. The highest BCUT2D eigenvalue weighted by atomic mass is 14.7. The van der Waals surface area contributed by atoms with Crippen LogP contribution in [0.3, 0.4) is 0 Å². The normalized spacial score (nSPS) is 21.4. The second-order valence-electron chi connectivity index (χ2n) is 6.50. The number of nitrogens with zero attached hydrogens (tertiary/aromatic N) is 1. The Kier molecular flexibility index (Phi) is 2.53. The summed E-state index contributed by atoms with van der Waals surface area (Å²) < 4.78 is 0. The van der Waals surface area contributed by atoms with Gasteiger partial charge in [0.25, 0.3) is 0 Å². The quantitative estimate of drug-likeness (QED) is 0.704. The van der Waals surface area contributed by atoms with Crippen LogP contribution >= 0.6 is 0 Å². The molecule has 2 aliphatic rings. The Morgan fingerprint density at radius 3 is 2.41 bits per heavy atom. The number of fused-ring (bicyclic) bond motifs is 1. The van der Waals surface area contributed by atoms with Gasteiger partial charge >= 0.3 is 0 Å². The molecule has 1 heteroatoms. The van der Waals surface area contributed by atoms with Crippen LogP contribution in [0.4, 0.5) is 0 Å². The van der Waals surface area contributed by atoms with Crippen LogP contribution in [0.5, 0.6) is 0 Å². The molecule has 3 rings (SSSR count). The number of rotatable bonds is 1.